The molecule has 1 atom stereocenters. The van der Waals surface area contributed by atoms with Crippen molar-refractivity contribution in [3.8, 4) is 0 Å². The third-order valence-corrected chi connectivity index (χ3v) is 4.10. The van der Waals surface area contributed by atoms with Gasteiger partial charge >= 0.3 is 19.7 Å². The van der Waals surface area contributed by atoms with Crippen LogP contribution in [-0.4, -0.2) is 34.5 Å². The van der Waals surface area contributed by atoms with Crippen LogP contribution < -0.4 is 0 Å². The molecule has 102 valence electrons. The van der Waals surface area contributed by atoms with Crippen LogP contribution in [0.5, 0.6) is 0 Å². The first-order chi connectivity index (χ1) is 8.85. The Morgan fingerprint density at radius 3 is 2.21 bits per heavy atom. The maximum atomic E-state index is 10.8. The number of carboxylic acids is 2. The van der Waals surface area contributed by atoms with E-state index in [1.165, 1.54) is 25.2 Å². The molecule has 6 heteroatoms. The molecule has 0 aromatic carbocycles. The zero-order valence-electron chi connectivity index (χ0n) is 10.6. The van der Waals surface area contributed by atoms with Crippen molar-refractivity contribution in [3.63, 3.8) is 0 Å². The van der Waals surface area contributed by atoms with Crippen molar-refractivity contribution < 1.29 is 24.4 Å². The molecule has 0 spiro atoms. The highest BCUT2D eigenvalue weighted by Gasteiger charge is 2.34. The van der Waals surface area contributed by atoms with Crippen LogP contribution in [0.4, 0.5) is 0 Å². The summed E-state index contributed by atoms with van der Waals surface area (Å²) in [4.78, 5) is 21.3. The van der Waals surface area contributed by atoms with Crippen molar-refractivity contribution in [3.05, 3.63) is 36.0 Å². The number of allylic oxidation sites excluding steroid dienone is 4. The Labute approximate surface area is 112 Å². The number of carboxylic acid groups (broad SMARTS) is 2. The zero-order valence-corrected chi connectivity index (χ0v) is 11.5. The SMILES string of the molecule is CC1(C(=O)O)C=CC=C(C(=O)O)C1.O=[P+]1CC=CC1. The van der Waals surface area contributed by atoms with Gasteiger partial charge in [-0.3, -0.25) is 4.79 Å². The van der Waals surface area contributed by atoms with Gasteiger partial charge in [0.25, 0.3) is 0 Å². The Morgan fingerprint density at radius 2 is 1.84 bits per heavy atom. The Hall–Kier alpha value is -1.74. The minimum absolute atomic E-state index is 0.0359. The third kappa shape index (κ3) is 4.45. The lowest BCUT2D eigenvalue weighted by molar-refractivity contribution is -0.145. The van der Waals surface area contributed by atoms with Crippen molar-refractivity contribution in [1.82, 2.24) is 0 Å². The highest BCUT2D eigenvalue weighted by Crippen LogP contribution is 2.31. The van der Waals surface area contributed by atoms with Crippen LogP contribution >= 0.6 is 7.80 Å². The first-order valence-electron chi connectivity index (χ1n) is 5.77. The topological polar surface area (TPSA) is 91.7 Å². The molecule has 2 N–H and O–H groups in total. The van der Waals surface area contributed by atoms with Gasteiger partial charge in [-0.25, -0.2) is 4.79 Å². The number of aliphatic carboxylic acids is 2. The summed E-state index contributed by atoms with van der Waals surface area (Å²) >= 11 is 0. The molecule has 1 aliphatic heterocycles. The summed E-state index contributed by atoms with van der Waals surface area (Å²) in [5.41, 5.74) is -0.949. The lowest BCUT2D eigenvalue weighted by Gasteiger charge is -2.23. The molecule has 0 radical (unpaired) electrons. The molecule has 5 nitrogen and oxygen atoms in total. The van der Waals surface area contributed by atoms with Gasteiger partial charge in [0.2, 0.25) is 0 Å². The van der Waals surface area contributed by atoms with Gasteiger partial charge in [0.1, 0.15) is 0 Å². The standard InChI is InChI=1S/C9H10O4.C4H6OP/c1-9(8(12)13)4-2-3-6(5-9)7(10)11;5-6-3-1-2-4-6/h2-4H,5H2,1H3,(H,10,11)(H,12,13);1-2H,3-4H2/q;+1. The molecule has 0 aromatic rings. The Kier molecular flexibility index (Phi) is 5.19. The highest BCUT2D eigenvalue weighted by molar-refractivity contribution is 7.45. The molecule has 0 fully saturated rings. The Bertz CT molecular complexity index is 479. The van der Waals surface area contributed by atoms with E-state index in [1.807, 2.05) is 12.2 Å². The Balaban J connectivity index is 0.000000250. The number of hydrogen-bond donors (Lipinski definition) is 2. The maximum Gasteiger partial charge on any atom is 0.346 e. The summed E-state index contributed by atoms with van der Waals surface area (Å²) in [6.45, 7) is 1.50. The van der Waals surface area contributed by atoms with E-state index in [0.717, 1.165) is 12.3 Å². The van der Waals surface area contributed by atoms with E-state index in [2.05, 4.69) is 0 Å². The minimum atomic E-state index is -1.08. The summed E-state index contributed by atoms with van der Waals surface area (Å²) in [5, 5.41) is 17.5. The van der Waals surface area contributed by atoms with Gasteiger partial charge in [0, 0.05) is 5.57 Å². The van der Waals surface area contributed by atoms with Gasteiger partial charge in [-0.05, 0) is 25.5 Å². The molecule has 0 aromatic heterocycles. The van der Waals surface area contributed by atoms with E-state index in [4.69, 9.17) is 10.2 Å². The molecule has 0 saturated carbocycles. The Morgan fingerprint density at radius 1 is 1.26 bits per heavy atom. The van der Waals surface area contributed by atoms with Gasteiger partial charge in [-0.2, -0.15) is 0 Å². The number of carbonyl (C=O) groups is 2. The van der Waals surface area contributed by atoms with Gasteiger partial charge in [0.05, 0.1) is 5.41 Å². The van der Waals surface area contributed by atoms with Gasteiger partial charge < -0.3 is 10.2 Å². The van der Waals surface area contributed by atoms with E-state index < -0.39 is 25.2 Å². The van der Waals surface area contributed by atoms with E-state index in [-0.39, 0.29) is 12.0 Å². The average Bonchev–Trinajstić information content (AvgIpc) is 2.81. The van der Waals surface area contributed by atoms with E-state index in [0.29, 0.717) is 0 Å². The summed E-state index contributed by atoms with van der Waals surface area (Å²) in [6.07, 6.45) is 10.0. The largest absolute Gasteiger partial charge is 0.481 e. The fourth-order valence-electron chi connectivity index (χ4n) is 1.64. The second-order valence-corrected chi connectivity index (χ2v) is 6.27. The summed E-state index contributed by atoms with van der Waals surface area (Å²) < 4.78 is 10.3. The van der Waals surface area contributed by atoms with Gasteiger partial charge in [0.15, 0.2) is 12.3 Å². The fraction of sp³-hybridized carbons (Fsp3) is 0.385. The lowest BCUT2D eigenvalue weighted by atomic mass is 9.80. The third-order valence-electron chi connectivity index (χ3n) is 2.87. The van der Waals surface area contributed by atoms with E-state index >= 15 is 0 Å². The lowest BCUT2D eigenvalue weighted by Crippen LogP contribution is -2.28. The van der Waals surface area contributed by atoms with Crippen LogP contribution in [0.3, 0.4) is 0 Å². The smallest absolute Gasteiger partial charge is 0.346 e. The molecule has 1 heterocycles. The molecule has 0 saturated heterocycles. The van der Waals surface area contributed by atoms with Crippen LogP contribution in [-0.2, 0) is 14.2 Å². The van der Waals surface area contributed by atoms with Crippen LogP contribution in [0.2, 0.25) is 0 Å². The van der Waals surface area contributed by atoms with Crippen LogP contribution in [0.1, 0.15) is 13.3 Å². The monoisotopic (exact) mass is 283 g/mol. The molecule has 0 bridgehead atoms. The zero-order chi connectivity index (χ0) is 14.5. The van der Waals surface area contributed by atoms with Crippen molar-refractivity contribution in [2.45, 2.75) is 13.3 Å². The van der Waals surface area contributed by atoms with Gasteiger partial charge in [-0.15, -0.1) is 0 Å². The van der Waals surface area contributed by atoms with Crippen LogP contribution in [0, 0.1) is 5.41 Å². The second-order valence-electron chi connectivity index (χ2n) is 4.57. The van der Waals surface area contributed by atoms with Gasteiger partial charge in [-0.1, -0.05) is 22.8 Å². The highest BCUT2D eigenvalue weighted by atomic mass is 31.1. The van der Waals surface area contributed by atoms with Crippen molar-refractivity contribution in [2.24, 2.45) is 5.41 Å². The first kappa shape index (κ1) is 15.3. The second kappa shape index (κ2) is 6.43. The molecule has 1 aliphatic carbocycles. The molecule has 2 aliphatic rings. The first-order valence-corrected chi connectivity index (χ1v) is 7.40. The number of rotatable bonds is 2. The van der Waals surface area contributed by atoms with E-state index in [9.17, 15) is 14.2 Å². The summed E-state index contributed by atoms with van der Waals surface area (Å²) in [7, 11) is -0.826. The molecular formula is C13H16O5P+. The molecule has 2 rings (SSSR count). The fourth-order valence-corrected chi connectivity index (χ4v) is 2.56. The molecule has 0 amide bonds. The maximum absolute atomic E-state index is 10.8. The van der Waals surface area contributed by atoms with Crippen molar-refractivity contribution in [1.29, 1.82) is 0 Å². The number of hydrogen-bond acceptors (Lipinski definition) is 3. The average molecular weight is 283 g/mol. The van der Waals surface area contributed by atoms with Crippen molar-refractivity contribution >= 4 is 19.7 Å². The van der Waals surface area contributed by atoms with Crippen LogP contribution in [0.15, 0.2) is 36.0 Å². The normalized spacial score (nSPS) is 24.5. The summed E-state index contributed by atoms with van der Waals surface area (Å²) in [5.74, 6) is -2.06. The molecule has 19 heavy (non-hydrogen) atoms. The molecular weight excluding hydrogens is 267 g/mol. The predicted octanol–water partition coefficient (Wildman–Crippen LogP) is 2.43. The van der Waals surface area contributed by atoms with Crippen molar-refractivity contribution in [2.75, 3.05) is 12.3 Å². The quantitative estimate of drug-likeness (QED) is 0.600. The predicted molar refractivity (Wildman–Crippen MR) is 71.7 cm³/mol. The van der Waals surface area contributed by atoms with E-state index in [1.54, 1.807) is 0 Å². The summed E-state index contributed by atoms with van der Waals surface area (Å²) in [6, 6.07) is 0. The molecule has 1 unspecified atom stereocenters. The van der Waals surface area contributed by atoms with Crippen LogP contribution in [0.25, 0.3) is 0 Å². The minimum Gasteiger partial charge on any atom is -0.481 e.